The Hall–Kier alpha value is -1.65. The first-order valence-corrected chi connectivity index (χ1v) is 11.8. The zero-order valence-electron chi connectivity index (χ0n) is 19.4. The number of benzene rings is 1. The van der Waals surface area contributed by atoms with E-state index in [0.717, 1.165) is 49.9 Å². The smallest absolute Gasteiger partial charge is 0.150 e. The van der Waals surface area contributed by atoms with Crippen molar-refractivity contribution in [2.75, 3.05) is 40.4 Å². The molecule has 3 rings (SSSR count). The standard InChI is InChI=1S/C14H18O.C12H24N2O/c1-11-2-6-13(7-3-11)14-8-4-12(10-15)5-9-14;1-13-8-9-14(10-11-15-2)12-6-4-3-5-7-12/h4-5,8-11,13H,2-3,6-7H2,1H3;6,13H,3-5,7-11H2,1-2H3. The lowest BCUT2D eigenvalue weighted by molar-refractivity contribution is 0.112. The topological polar surface area (TPSA) is 41.6 Å². The van der Waals surface area contributed by atoms with Crippen molar-refractivity contribution in [3.63, 3.8) is 0 Å². The van der Waals surface area contributed by atoms with Crippen LogP contribution in [0.2, 0.25) is 0 Å². The summed E-state index contributed by atoms with van der Waals surface area (Å²) in [5, 5.41) is 3.20. The number of carbonyl (C=O) groups excluding carboxylic acids is 1. The third-order valence-corrected chi connectivity index (χ3v) is 6.43. The molecule has 1 fully saturated rings. The van der Waals surface area contributed by atoms with Crippen LogP contribution in [0.1, 0.15) is 80.1 Å². The van der Waals surface area contributed by atoms with Crippen LogP contribution in [-0.2, 0) is 4.74 Å². The van der Waals surface area contributed by atoms with Gasteiger partial charge in [0, 0.05) is 38.0 Å². The van der Waals surface area contributed by atoms with Crippen molar-refractivity contribution in [3.8, 4) is 0 Å². The van der Waals surface area contributed by atoms with Gasteiger partial charge in [-0.3, -0.25) is 4.79 Å². The van der Waals surface area contributed by atoms with E-state index >= 15 is 0 Å². The van der Waals surface area contributed by atoms with Crippen LogP contribution in [-0.4, -0.2) is 51.6 Å². The maximum absolute atomic E-state index is 10.5. The number of carbonyl (C=O) groups is 1. The van der Waals surface area contributed by atoms with Gasteiger partial charge in [0.05, 0.1) is 6.61 Å². The van der Waals surface area contributed by atoms with Crippen LogP contribution >= 0.6 is 0 Å². The molecule has 0 unspecified atom stereocenters. The van der Waals surface area contributed by atoms with Crippen LogP contribution in [0.4, 0.5) is 0 Å². The molecule has 2 aliphatic rings. The summed E-state index contributed by atoms with van der Waals surface area (Å²) in [6.45, 7) is 6.31. The van der Waals surface area contributed by atoms with Crippen molar-refractivity contribution in [1.29, 1.82) is 0 Å². The number of nitrogens with one attached hydrogen (secondary N) is 1. The Bertz CT molecular complexity index is 610. The molecule has 0 bridgehead atoms. The Balaban J connectivity index is 0.000000214. The molecule has 0 heterocycles. The van der Waals surface area contributed by atoms with E-state index in [1.54, 1.807) is 7.11 Å². The second-order valence-corrected chi connectivity index (χ2v) is 8.77. The van der Waals surface area contributed by atoms with Gasteiger partial charge in [-0.15, -0.1) is 0 Å². The minimum Gasteiger partial charge on any atom is -0.383 e. The van der Waals surface area contributed by atoms with Gasteiger partial charge in [0.2, 0.25) is 0 Å². The molecule has 0 spiro atoms. The van der Waals surface area contributed by atoms with Gasteiger partial charge in [0.25, 0.3) is 0 Å². The number of aldehydes is 1. The Kier molecular flexibility index (Phi) is 11.8. The van der Waals surface area contributed by atoms with E-state index < -0.39 is 0 Å². The number of likely N-dealkylation sites (N-methyl/N-ethyl adjacent to an activating group) is 1. The highest BCUT2D eigenvalue weighted by molar-refractivity contribution is 5.74. The normalized spacial score (nSPS) is 21.2. The fourth-order valence-electron chi connectivity index (χ4n) is 4.40. The quantitative estimate of drug-likeness (QED) is 0.549. The molecule has 0 radical (unpaired) electrons. The molecule has 30 heavy (non-hydrogen) atoms. The Labute approximate surface area is 184 Å². The molecule has 0 aliphatic heterocycles. The van der Waals surface area contributed by atoms with E-state index in [1.165, 1.54) is 62.6 Å². The van der Waals surface area contributed by atoms with Gasteiger partial charge in [-0.2, -0.15) is 0 Å². The van der Waals surface area contributed by atoms with Gasteiger partial charge < -0.3 is 15.0 Å². The number of rotatable bonds is 9. The molecule has 1 saturated carbocycles. The van der Waals surface area contributed by atoms with E-state index in [4.69, 9.17) is 4.74 Å². The summed E-state index contributed by atoms with van der Waals surface area (Å²) in [5.41, 5.74) is 3.71. The molecule has 4 heteroatoms. The van der Waals surface area contributed by atoms with Gasteiger partial charge in [-0.05, 0) is 63.0 Å². The van der Waals surface area contributed by atoms with Crippen LogP contribution in [0, 0.1) is 5.92 Å². The fourth-order valence-corrected chi connectivity index (χ4v) is 4.40. The van der Waals surface area contributed by atoms with Crippen LogP contribution in [0.3, 0.4) is 0 Å². The summed E-state index contributed by atoms with van der Waals surface area (Å²) in [6.07, 6.45) is 13.8. The number of allylic oxidation sites excluding steroid dienone is 2. The van der Waals surface area contributed by atoms with Gasteiger partial charge in [-0.25, -0.2) is 0 Å². The lowest BCUT2D eigenvalue weighted by Crippen LogP contribution is -2.33. The highest BCUT2D eigenvalue weighted by Crippen LogP contribution is 2.35. The lowest BCUT2D eigenvalue weighted by Gasteiger charge is -2.29. The summed E-state index contributed by atoms with van der Waals surface area (Å²) < 4.78 is 5.15. The van der Waals surface area contributed by atoms with E-state index in [-0.39, 0.29) is 0 Å². The Morgan fingerprint density at radius 3 is 2.40 bits per heavy atom. The summed E-state index contributed by atoms with van der Waals surface area (Å²) in [6, 6.07) is 8.09. The summed E-state index contributed by atoms with van der Waals surface area (Å²) >= 11 is 0. The van der Waals surface area contributed by atoms with Crippen molar-refractivity contribution >= 4 is 6.29 Å². The third kappa shape index (κ3) is 8.61. The fraction of sp³-hybridized carbons (Fsp3) is 0.654. The van der Waals surface area contributed by atoms with E-state index in [0.29, 0.717) is 0 Å². The number of nitrogens with zero attached hydrogens (tertiary/aromatic N) is 1. The van der Waals surface area contributed by atoms with Gasteiger partial charge in [0.15, 0.2) is 0 Å². The van der Waals surface area contributed by atoms with Gasteiger partial charge in [-0.1, -0.05) is 50.1 Å². The second-order valence-electron chi connectivity index (χ2n) is 8.77. The van der Waals surface area contributed by atoms with E-state index in [9.17, 15) is 4.79 Å². The first-order valence-electron chi connectivity index (χ1n) is 11.8. The average Bonchev–Trinajstić information content (AvgIpc) is 2.81. The van der Waals surface area contributed by atoms with Crippen molar-refractivity contribution in [2.45, 2.75) is 64.2 Å². The van der Waals surface area contributed by atoms with E-state index in [1.807, 2.05) is 19.2 Å². The van der Waals surface area contributed by atoms with E-state index in [2.05, 4.69) is 35.3 Å². The molecule has 1 N–H and O–H groups in total. The number of hydrogen-bond donors (Lipinski definition) is 1. The number of hydrogen-bond acceptors (Lipinski definition) is 4. The summed E-state index contributed by atoms with van der Waals surface area (Å²) in [5.74, 6) is 1.62. The molecule has 1 aromatic carbocycles. The molecule has 0 aromatic heterocycles. The van der Waals surface area contributed by atoms with Crippen LogP contribution in [0.15, 0.2) is 36.0 Å². The SMILES string of the molecule is CC1CCC(c2ccc(C=O)cc2)CC1.CNCCN(CCOC)C1=CCCCC1. The zero-order chi connectivity index (χ0) is 21.6. The van der Waals surface area contributed by atoms with Crippen molar-refractivity contribution in [2.24, 2.45) is 5.92 Å². The van der Waals surface area contributed by atoms with Crippen LogP contribution in [0.5, 0.6) is 0 Å². The number of ether oxygens (including phenoxy) is 1. The van der Waals surface area contributed by atoms with Crippen LogP contribution < -0.4 is 5.32 Å². The molecule has 2 aliphatic carbocycles. The van der Waals surface area contributed by atoms with Crippen molar-refractivity contribution in [1.82, 2.24) is 10.2 Å². The Morgan fingerprint density at radius 1 is 1.10 bits per heavy atom. The van der Waals surface area contributed by atoms with Crippen LogP contribution in [0.25, 0.3) is 0 Å². The highest BCUT2D eigenvalue weighted by Gasteiger charge is 2.19. The molecular weight excluding hydrogens is 372 g/mol. The minimum atomic E-state index is 0.724. The summed E-state index contributed by atoms with van der Waals surface area (Å²) in [4.78, 5) is 13.0. The molecular formula is C26H42N2O2. The Morgan fingerprint density at radius 2 is 1.83 bits per heavy atom. The zero-order valence-corrected chi connectivity index (χ0v) is 19.4. The maximum Gasteiger partial charge on any atom is 0.150 e. The van der Waals surface area contributed by atoms with Crippen molar-refractivity contribution < 1.29 is 9.53 Å². The minimum absolute atomic E-state index is 0.724. The predicted molar refractivity (Wildman–Crippen MR) is 126 cm³/mol. The molecule has 168 valence electrons. The first kappa shape index (κ1) is 24.6. The predicted octanol–water partition coefficient (Wildman–Crippen LogP) is 5.40. The molecule has 0 atom stereocenters. The monoisotopic (exact) mass is 414 g/mol. The summed E-state index contributed by atoms with van der Waals surface area (Å²) in [7, 11) is 3.77. The highest BCUT2D eigenvalue weighted by atomic mass is 16.5. The molecule has 4 nitrogen and oxygen atoms in total. The van der Waals surface area contributed by atoms with Crippen molar-refractivity contribution in [3.05, 3.63) is 47.2 Å². The largest absolute Gasteiger partial charge is 0.383 e. The first-order chi connectivity index (χ1) is 14.7. The van der Waals surface area contributed by atoms with Gasteiger partial charge >= 0.3 is 0 Å². The molecule has 0 amide bonds. The third-order valence-electron chi connectivity index (χ3n) is 6.43. The lowest BCUT2D eigenvalue weighted by atomic mass is 9.79. The molecule has 0 saturated heterocycles. The average molecular weight is 415 g/mol. The number of methoxy groups -OCH3 is 1. The maximum atomic E-state index is 10.5. The van der Waals surface area contributed by atoms with Gasteiger partial charge in [0.1, 0.15) is 6.29 Å². The second kappa shape index (κ2) is 14.4. The molecule has 1 aromatic rings.